The van der Waals surface area contributed by atoms with Gasteiger partial charge >= 0.3 is 0 Å². The van der Waals surface area contributed by atoms with Crippen molar-refractivity contribution < 1.29 is 4.79 Å². The molecule has 110 valence electrons. The van der Waals surface area contributed by atoms with Crippen molar-refractivity contribution in [2.75, 3.05) is 5.32 Å². The number of anilines is 1. The van der Waals surface area contributed by atoms with E-state index in [0.717, 1.165) is 37.7 Å². The van der Waals surface area contributed by atoms with Gasteiger partial charge in [0, 0.05) is 6.04 Å². The Balaban J connectivity index is 2.17. The maximum atomic E-state index is 12.4. The Morgan fingerprint density at radius 2 is 1.95 bits per heavy atom. The summed E-state index contributed by atoms with van der Waals surface area (Å²) in [4.78, 5) is 12.4. The third-order valence-electron chi connectivity index (χ3n) is 3.94. The number of nitrogens with two attached hydrogens (primary N) is 1. The Hall–Kier alpha value is -0.770. The number of rotatable bonds is 2. The molecule has 1 amide bonds. The number of hydrogen-bond donors (Lipinski definition) is 2. The summed E-state index contributed by atoms with van der Waals surface area (Å²) < 4.78 is 0. The molecule has 0 aromatic heterocycles. The van der Waals surface area contributed by atoms with Crippen molar-refractivity contribution >= 4 is 34.8 Å². The van der Waals surface area contributed by atoms with Gasteiger partial charge in [-0.2, -0.15) is 0 Å². The highest BCUT2D eigenvalue weighted by Gasteiger charge is 2.28. The third kappa shape index (κ3) is 3.46. The quantitative estimate of drug-likeness (QED) is 0.806. The van der Waals surface area contributed by atoms with Crippen molar-refractivity contribution in [3.8, 4) is 0 Å². The molecular weight excluding hydrogens is 295 g/mol. The molecular formula is C15H20Cl2N2O. The summed E-state index contributed by atoms with van der Waals surface area (Å²) in [5, 5.41) is 3.81. The van der Waals surface area contributed by atoms with Crippen molar-refractivity contribution in [1.29, 1.82) is 0 Å². The van der Waals surface area contributed by atoms with Crippen LogP contribution in [0, 0.1) is 12.8 Å². The van der Waals surface area contributed by atoms with Gasteiger partial charge in [-0.05, 0) is 31.4 Å². The summed E-state index contributed by atoms with van der Waals surface area (Å²) in [6, 6.07) is 3.49. The van der Waals surface area contributed by atoms with Crippen LogP contribution >= 0.6 is 23.2 Å². The fourth-order valence-electron chi connectivity index (χ4n) is 2.65. The zero-order chi connectivity index (χ0) is 14.7. The molecule has 1 aliphatic carbocycles. The van der Waals surface area contributed by atoms with E-state index in [9.17, 15) is 4.79 Å². The van der Waals surface area contributed by atoms with Crippen LogP contribution < -0.4 is 11.1 Å². The Bertz CT molecular complexity index is 505. The molecule has 1 aromatic carbocycles. The second-order valence-electron chi connectivity index (χ2n) is 5.45. The molecule has 2 rings (SSSR count). The van der Waals surface area contributed by atoms with Crippen molar-refractivity contribution in [2.24, 2.45) is 11.7 Å². The van der Waals surface area contributed by atoms with Crippen LogP contribution in [0.2, 0.25) is 10.0 Å². The van der Waals surface area contributed by atoms with Crippen LogP contribution in [0.5, 0.6) is 0 Å². The highest BCUT2D eigenvalue weighted by molar-refractivity contribution is 6.40. The van der Waals surface area contributed by atoms with Crippen molar-refractivity contribution in [3.05, 3.63) is 27.7 Å². The molecule has 1 fully saturated rings. The van der Waals surface area contributed by atoms with Crippen LogP contribution in [0.4, 0.5) is 5.69 Å². The topological polar surface area (TPSA) is 55.1 Å². The molecule has 0 bridgehead atoms. The third-order valence-corrected chi connectivity index (χ3v) is 4.74. The van der Waals surface area contributed by atoms with E-state index in [1.165, 1.54) is 0 Å². The molecule has 3 nitrogen and oxygen atoms in total. The maximum Gasteiger partial charge on any atom is 0.229 e. The van der Waals surface area contributed by atoms with Crippen molar-refractivity contribution in [3.63, 3.8) is 0 Å². The lowest BCUT2D eigenvalue weighted by Crippen LogP contribution is -2.37. The molecule has 20 heavy (non-hydrogen) atoms. The largest absolute Gasteiger partial charge is 0.327 e. The first-order chi connectivity index (χ1) is 9.50. The van der Waals surface area contributed by atoms with E-state index in [-0.39, 0.29) is 17.9 Å². The van der Waals surface area contributed by atoms with Gasteiger partial charge in [-0.1, -0.05) is 48.5 Å². The summed E-state index contributed by atoms with van der Waals surface area (Å²) in [5.74, 6) is -0.237. The molecule has 1 aliphatic rings. The van der Waals surface area contributed by atoms with Gasteiger partial charge in [-0.3, -0.25) is 4.79 Å². The van der Waals surface area contributed by atoms with Crippen LogP contribution in [-0.4, -0.2) is 11.9 Å². The van der Waals surface area contributed by atoms with Crippen molar-refractivity contribution in [2.45, 2.75) is 45.1 Å². The summed E-state index contributed by atoms with van der Waals surface area (Å²) in [5.41, 5.74) is 7.49. The maximum absolute atomic E-state index is 12.4. The number of nitrogens with one attached hydrogen (secondary N) is 1. The second-order valence-corrected chi connectivity index (χ2v) is 6.24. The highest BCUT2D eigenvalue weighted by Crippen LogP contribution is 2.34. The minimum atomic E-state index is -0.162. The van der Waals surface area contributed by atoms with Crippen LogP contribution in [0.1, 0.15) is 37.7 Å². The first kappa shape index (κ1) is 15.6. The number of halogens is 2. The summed E-state index contributed by atoms with van der Waals surface area (Å²) in [6.45, 7) is 1.88. The van der Waals surface area contributed by atoms with E-state index in [1.807, 2.05) is 13.0 Å². The number of aryl methyl sites for hydroxylation is 1. The molecule has 1 saturated carbocycles. The van der Waals surface area contributed by atoms with Gasteiger partial charge in [0.25, 0.3) is 0 Å². The van der Waals surface area contributed by atoms with Crippen LogP contribution in [0.3, 0.4) is 0 Å². The van der Waals surface area contributed by atoms with E-state index < -0.39 is 0 Å². The number of carbonyl (C=O) groups excluding carboxylic acids is 1. The number of hydrogen-bond acceptors (Lipinski definition) is 2. The summed E-state index contributed by atoms with van der Waals surface area (Å²) in [6.07, 6.45) is 5.00. The van der Waals surface area contributed by atoms with E-state index in [0.29, 0.717) is 15.7 Å². The Morgan fingerprint density at radius 1 is 1.25 bits per heavy atom. The molecule has 0 radical (unpaired) electrons. The minimum Gasteiger partial charge on any atom is -0.327 e. The van der Waals surface area contributed by atoms with Gasteiger partial charge in [0.1, 0.15) is 0 Å². The van der Waals surface area contributed by atoms with E-state index >= 15 is 0 Å². The summed E-state index contributed by atoms with van der Waals surface area (Å²) in [7, 11) is 0. The number of carbonyl (C=O) groups is 1. The molecule has 1 aromatic rings. The zero-order valence-corrected chi connectivity index (χ0v) is 13.1. The predicted octanol–water partition coefficient (Wildman–Crippen LogP) is 4.15. The predicted molar refractivity (Wildman–Crippen MR) is 84.4 cm³/mol. The average Bonchev–Trinajstić information content (AvgIpc) is 2.63. The zero-order valence-electron chi connectivity index (χ0n) is 11.6. The summed E-state index contributed by atoms with van der Waals surface area (Å²) >= 11 is 12.3. The number of amides is 1. The lowest BCUT2D eigenvalue weighted by Gasteiger charge is -2.21. The van der Waals surface area contributed by atoms with E-state index in [1.54, 1.807) is 6.07 Å². The van der Waals surface area contributed by atoms with Crippen molar-refractivity contribution in [1.82, 2.24) is 0 Å². The fourth-order valence-corrected chi connectivity index (χ4v) is 3.11. The Labute approximate surface area is 129 Å². The lowest BCUT2D eigenvalue weighted by atomic mass is 9.94. The van der Waals surface area contributed by atoms with E-state index in [2.05, 4.69) is 5.32 Å². The van der Waals surface area contributed by atoms with Gasteiger partial charge in [-0.15, -0.1) is 0 Å². The first-order valence-electron chi connectivity index (χ1n) is 7.01. The van der Waals surface area contributed by atoms with Crippen LogP contribution in [-0.2, 0) is 4.79 Å². The van der Waals surface area contributed by atoms with Gasteiger partial charge in [0.15, 0.2) is 0 Å². The average molecular weight is 315 g/mol. The Kier molecular flexibility index (Phi) is 5.30. The molecule has 2 atom stereocenters. The molecule has 0 saturated heterocycles. The van der Waals surface area contributed by atoms with Gasteiger partial charge in [0.05, 0.1) is 21.7 Å². The molecule has 0 heterocycles. The fraction of sp³-hybridized carbons (Fsp3) is 0.533. The monoisotopic (exact) mass is 314 g/mol. The van der Waals surface area contributed by atoms with Crippen LogP contribution in [0.15, 0.2) is 12.1 Å². The SMILES string of the molecule is Cc1ccc(Cl)c(NC(=O)C2CCCCCC2N)c1Cl. The highest BCUT2D eigenvalue weighted by atomic mass is 35.5. The van der Waals surface area contributed by atoms with Gasteiger partial charge < -0.3 is 11.1 Å². The molecule has 0 spiro atoms. The second kappa shape index (κ2) is 6.79. The molecule has 5 heteroatoms. The lowest BCUT2D eigenvalue weighted by molar-refractivity contribution is -0.120. The molecule has 3 N–H and O–H groups in total. The minimum absolute atomic E-state index is 0.0752. The smallest absolute Gasteiger partial charge is 0.229 e. The molecule has 0 aliphatic heterocycles. The first-order valence-corrected chi connectivity index (χ1v) is 7.77. The Morgan fingerprint density at radius 3 is 2.70 bits per heavy atom. The van der Waals surface area contributed by atoms with Crippen LogP contribution in [0.25, 0.3) is 0 Å². The standard InChI is InChI=1S/C15H20Cl2N2O/c1-9-7-8-11(16)14(13(9)17)19-15(20)10-5-3-2-4-6-12(10)18/h7-8,10,12H,2-6,18H2,1H3,(H,19,20). The van der Waals surface area contributed by atoms with Gasteiger partial charge in [0.2, 0.25) is 5.91 Å². The molecule has 2 unspecified atom stereocenters. The van der Waals surface area contributed by atoms with E-state index in [4.69, 9.17) is 28.9 Å². The van der Waals surface area contributed by atoms with Gasteiger partial charge in [-0.25, -0.2) is 0 Å². The normalized spacial score (nSPS) is 23.2. The number of benzene rings is 1.